The standard InChI is InChI=1S/C42H44N2O3P/c1-2-3-28-44(42(46)40(34-18-8-4-9-19-34)43-29-31-47-32-30-43)41(45)39-27-17-16-20-35(39)33-48(36-21-10-5-11-22-36,37-23-12-6-13-24-37)38-25-14-7-15-26-38/h4-27,40H,2-3,28-33H2,1H3/q+1. The fourth-order valence-electron chi connectivity index (χ4n) is 6.79. The van der Waals surface area contributed by atoms with Gasteiger partial charge < -0.3 is 4.74 Å². The average molecular weight is 656 g/mol. The second-order valence-corrected chi connectivity index (χ2v) is 15.7. The van der Waals surface area contributed by atoms with Crippen LogP contribution in [0.2, 0.25) is 0 Å². The van der Waals surface area contributed by atoms with E-state index in [-0.39, 0.29) is 11.8 Å². The van der Waals surface area contributed by atoms with Gasteiger partial charge in [0.2, 0.25) is 0 Å². The van der Waals surface area contributed by atoms with Gasteiger partial charge in [0.15, 0.2) is 0 Å². The van der Waals surface area contributed by atoms with Gasteiger partial charge in [0.1, 0.15) is 29.2 Å². The van der Waals surface area contributed by atoms with E-state index >= 15 is 0 Å². The molecule has 5 aromatic carbocycles. The Kier molecular flexibility index (Phi) is 11.3. The Labute approximate surface area is 285 Å². The van der Waals surface area contributed by atoms with Crippen LogP contribution in [0.5, 0.6) is 0 Å². The summed E-state index contributed by atoms with van der Waals surface area (Å²) in [5, 5.41) is 3.75. The zero-order valence-corrected chi connectivity index (χ0v) is 28.6. The molecule has 0 aromatic heterocycles. The second-order valence-electron chi connectivity index (χ2n) is 12.2. The Morgan fingerprint density at radius 1 is 0.688 bits per heavy atom. The van der Waals surface area contributed by atoms with Crippen molar-refractivity contribution in [2.24, 2.45) is 0 Å². The fraction of sp³-hybridized carbons (Fsp3) is 0.238. The highest BCUT2D eigenvalue weighted by Gasteiger charge is 2.46. The Balaban J connectivity index is 1.45. The van der Waals surface area contributed by atoms with Crippen molar-refractivity contribution in [2.75, 3.05) is 32.8 Å². The molecule has 1 saturated heterocycles. The van der Waals surface area contributed by atoms with E-state index in [1.165, 1.54) is 20.8 Å². The van der Waals surface area contributed by atoms with Crippen molar-refractivity contribution in [3.63, 3.8) is 0 Å². The number of hydrogen-bond donors (Lipinski definition) is 0. The summed E-state index contributed by atoms with van der Waals surface area (Å²) in [6, 6.07) is 49.4. The van der Waals surface area contributed by atoms with Crippen LogP contribution >= 0.6 is 7.26 Å². The molecule has 0 bridgehead atoms. The molecule has 0 N–H and O–H groups in total. The molecule has 1 unspecified atom stereocenters. The molecular weight excluding hydrogens is 611 g/mol. The summed E-state index contributed by atoms with van der Waals surface area (Å²) in [4.78, 5) is 33.3. The van der Waals surface area contributed by atoms with Gasteiger partial charge in [0.05, 0.1) is 19.4 Å². The van der Waals surface area contributed by atoms with Crippen LogP contribution in [0.3, 0.4) is 0 Å². The van der Waals surface area contributed by atoms with Gasteiger partial charge in [-0.15, -0.1) is 0 Å². The van der Waals surface area contributed by atoms with E-state index in [2.05, 4.69) is 109 Å². The highest BCUT2D eigenvalue weighted by molar-refractivity contribution is 7.95. The second kappa shape index (κ2) is 16.1. The minimum atomic E-state index is -2.28. The Morgan fingerprint density at radius 2 is 1.17 bits per heavy atom. The summed E-state index contributed by atoms with van der Waals surface area (Å²) >= 11 is 0. The molecule has 6 rings (SSSR count). The number of carbonyl (C=O) groups is 2. The first-order valence-corrected chi connectivity index (χ1v) is 19.0. The molecule has 1 aliphatic heterocycles. The molecule has 6 heteroatoms. The Hall–Kier alpha value is -4.41. The van der Waals surface area contributed by atoms with Gasteiger partial charge in [0.25, 0.3) is 11.8 Å². The molecule has 1 heterocycles. The highest BCUT2D eigenvalue weighted by Crippen LogP contribution is 2.58. The number of amides is 2. The van der Waals surface area contributed by atoms with E-state index < -0.39 is 13.3 Å². The van der Waals surface area contributed by atoms with E-state index in [9.17, 15) is 9.59 Å². The lowest BCUT2D eigenvalue weighted by Crippen LogP contribution is -2.49. The van der Waals surface area contributed by atoms with Crippen LogP contribution in [0.4, 0.5) is 0 Å². The van der Waals surface area contributed by atoms with E-state index in [1.54, 1.807) is 0 Å². The quantitative estimate of drug-likeness (QED) is 0.136. The molecule has 1 aliphatic rings. The number of ether oxygens (including phenoxy) is 1. The summed E-state index contributed by atoms with van der Waals surface area (Å²) in [6.07, 6.45) is 2.25. The number of rotatable bonds is 12. The van der Waals surface area contributed by atoms with Crippen LogP contribution in [0.15, 0.2) is 146 Å². The van der Waals surface area contributed by atoms with Gasteiger partial charge in [0, 0.05) is 30.8 Å². The predicted molar refractivity (Wildman–Crippen MR) is 198 cm³/mol. The maximum Gasteiger partial charge on any atom is 0.260 e. The summed E-state index contributed by atoms with van der Waals surface area (Å²) in [7, 11) is -2.28. The molecule has 48 heavy (non-hydrogen) atoms. The third-order valence-electron chi connectivity index (χ3n) is 9.25. The summed E-state index contributed by atoms with van der Waals surface area (Å²) in [6.45, 7) is 4.85. The molecule has 244 valence electrons. The number of imide groups is 1. The topological polar surface area (TPSA) is 49.9 Å². The number of unbranched alkanes of at least 4 members (excludes halogenated alkanes) is 1. The van der Waals surface area contributed by atoms with Crippen molar-refractivity contribution < 1.29 is 14.3 Å². The van der Waals surface area contributed by atoms with Crippen LogP contribution in [0.1, 0.15) is 47.3 Å². The molecule has 0 spiro atoms. The first-order valence-electron chi connectivity index (χ1n) is 17.0. The number of hydrogen-bond acceptors (Lipinski definition) is 4. The van der Waals surface area contributed by atoms with Crippen molar-refractivity contribution in [3.8, 4) is 0 Å². The van der Waals surface area contributed by atoms with Crippen molar-refractivity contribution in [1.82, 2.24) is 9.80 Å². The Morgan fingerprint density at radius 3 is 1.69 bits per heavy atom. The smallest absolute Gasteiger partial charge is 0.260 e. The van der Waals surface area contributed by atoms with Crippen LogP contribution in [0, 0.1) is 0 Å². The first kappa shape index (κ1) is 33.5. The maximum absolute atomic E-state index is 14.9. The zero-order valence-electron chi connectivity index (χ0n) is 27.7. The van der Waals surface area contributed by atoms with Crippen LogP contribution in [-0.2, 0) is 15.7 Å². The normalized spacial score (nSPS) is 14.3. The molecule has 2 amide bonds. The lowest BCUT2D eigenvalue weighted by Gasteiger charge is -2.36. The maximum atomic E-state index is 14.9. The van der Waals surface area contributed by atoms with Crippen LogP contribution in [0.25, 0.3) is 0 Å². The van der Waals surface area contributed by atoms with E-state index in [0.717, 1.165) is 24.0 Å². The van der Waals surface area contributed by atoms with Gasteiger partial charge in [-0.1, -0.05) is 116 Å². The lowest BCUT2D eigenvalue weighted by atomic mass is 10.0. The molecule has 1 atom stereocenters. The molecule has 0 saturated carbocycles. The third-order valence-corrected chi connectivity index (χ3v) is 13.6. The number of carbonyl (C=O) groups excluding carboxylic acids is 2. The SMILES string of the molecule is CCCCN(C(=O)c1ccccc1C[P+](c1ccccc1)(c1ccccc1)c1ccccc1)C(=O)C(c1ccccc1)N1CCOCC1. The zero-order chi connectivity index (χ0) is 33.2. The summed E-state index contributed by atoms with van der Waals surface area (Å²) < 4.78 is 5.65. The van der Waals surface area contributed by atoms with Crippen molar-refractivity contribution in [1.29, 1.82) is 0 Å². The minimum Gasteiger partial charge on any atom is -0.379 e. The Bertz CT molecular complexity index is 1660. The van der Waals surface area contributed by atoms with E-state index in [0.29, 0.717) is 44.6 Å². The predicted octanol–water partition coefficient (Wildman–Crippen LogP) is 7.02. The van der Waals surface area contributed by atoms with Gasteiger partial charge in [-0.05, 0) is 54.4 Å². The molecule has 1 fully saturated rings. The summed E-state index contributed by atoms with van der Waals surface area (Å²) in [5.74, 6) is -0.405. The number of benzene rings is 5. The van der Waals surface area contributed by atoms with Gasteiger partial charge in [-0.2, -0.15) is 0 Å². The van der Waals surface area contributed by atoms with E-state index in [1.807, 2.05) is 48.5 Å². The van der Waals surface area contributed by atoms with Gasteiger partial charge in [-0.3, -0.25) is 19.4 Å². The molecule has 0 radical (unpaired) electrons. The molecule has 5 aromatic rings. The van der Waals surface area contributed by atoms with Crippen molar-refractivity contribution >= 4 is 35.0 Å². The number of nitrogens with zero attached hydrogens (tertiary/aromatic N) is 2. The van der Waals surface area contributed by atoms with Gasteiger partial charge >= 0.3 is 0 Å². The number of morpholine rings is 1. The fourth-order valence-corrected chi connectivity index (χ4v) is 11.1. The van der Waals surface area contributed by atoms with Crippen molar-refractivity contribution in [2.45, 2.75) is 32.0 Å². The largest absolute Gasteiger partial charge is 0.379 e. The minimum absolute atomic E-state index is 0.174. The highest BCUT2D eigenvalue weighted by atomic mass is 31.2. The molecule has 0 aliphatic carbocycles. The third kappa shape index (κ3) is 7.19. The van der Waals surface area contributed by atoms with Crippen molar-refractivity contribution in [3.05, 3.63) is 162 Å². The van der Waals surface area contributed by atoms with Crippen LogP contribution in [-0.4, -0.2) is 54.5 Å². The first-order chi connectivity index (χ1) is 23.6. The van der Waals surface area contributed by atoms with Gasteiger partial charge in [-0.25, -0.2) is 0 Å². The average Bonchev–Trinajstić information content (AvgIpc) is 3.16. The van der Waals surface area contributed by atoms with E-state index in [4.69, 9.17) is 4.74 Å². The summed E-state index contributed by atoms with van der Waals surface area (Å²) in [5.41, 5.74) is 2.43. The molecular formula is C42H44N2O3P+. The molecule has 5 nitrogen and oxygen atoms in total. The monoisotopic (exact) mass is 655 g/mol. The lowest BCUT2D eigenvalue weighted by molar-refractivity contribution is -0.136. The van der Waals surface area contributed by atoms with Crippen LogP contribution < -0.4 is 15.9 Å².